The third-order valence-corrected chi connectivity index (χ3v) is 9.10. The fourth-order valence-corrected chi connectivity index (χ4v) is 6.99. The number of aliphatic hydroxyl groups excluding tert-OH is 1. The summed E-state index contributed by atoms with van der Waals surface area (Å²) in [6, 6.07) is 15.8. The van der Waals surface area contributed by atoms with Crippen molar-refractivity contribution in [2.24, 2.45) is 0 Å². The molecule has 2 saturated heterocycles. The van der Waals surface area contributed by atoms with Crippen molar-refractivity contribution in [2.45, 2.75) is 63.6 Å². The topological polar surface area (TPSA) is 50.3 Å². The first kappa shape index (κ1) is 24.9. The van der Waals surface area contributed by atoms with E-state index in [1.165, 1.54) is 67.6 Å². The van der Waals surface area contributed by atoms with Gasteiger partial charge in [0.2, 0.25) is 0 Å². The Morgan fingerprint density at radius 3 is 2.38 bits per heavy atom. The molecule has 0 aliphatic carbocycles. The Morgan fingerprint density at radius 2 is 1.57 bits per heavy atom. The molecule has 4 aliphatic heterocycles. The van der Waals surface area contributed by atoms with E-state index in [9.17, 15) is 9.90 Å². The highest BCUT2D eigenvalue weighted by molar-refractivity contribution is 5.97. The van der Waals surface area contributed by atoms with Crippen LogP contribution in [0.1, 0.15) is 59.2 Å². The molecular weight excluding hydrogens is 460 g/mol. The van der Waals surface area contributed by atoms with Gasteiger partial charge < -0.3 is 19.8 Å². The van der Waals surface area contributed by atoms with E-state index in [1.54, 1.807) is 0 Å². The van der Waals surface area contributed by atoms with Crippen LogP contribution in [0.15, 0.2) is 42.5 Å². The zero-order valence-electron chi connectivity index (χ0n) is 22.2. The number of aliphatic hydroxyl groups is 1. The Kier molecular flexibility index (Phi) is 7.50. The van der Waals surface area contributed by atoms with Crippen LogP contribution < -0.4 is 4.90 Å². The smallest absolute Gasteiger partial charge is 0.254 e. The normalized spacial score (nSPS) is 22.6. The van der Waals surface area contributed by atoms with Gasteiger partial charge in [0.05, 0.1) is 6.10 Å². The van der Waals surface area contributed by atoms with Crippen molar-refractivity contribution in [1.29, 1.82) is 0 Å². The summed E-state index contributed by atoms with van der Waals surface area (Å²) < 4.78 is 0. The van der Waals surface area contributed by atoms with Gasteiger partial charge in [0.1, 0.15) is 0 Å². The number of β-amino-alcohol motifs (C(OH)–C–C–N with tert-alkyl or cyclic N) is 1. The van der Waals surface area contributed by atoms with E-state index in [0.29, 0.717) is 19.6 Å². The van der Waals surface area contributed by atoms with Crippen molar-refractivity contribution in [3.8, 4) is 0 Å². The quantitative estimate of drug-likeness (QED) is 0.655. The second-order valence-electron chi connectivity index (χ2n) is 11.6. The van der Waals surface area contributed by atoms with Crippen molar-refractivity contribution in [1.82, 2.24) is 14.7 Å². The van der Waals surface area contributed by atoms with Gasteiger partial charge in [0.15, 0.2) is 0 Å². The van der Waals surface area contributed by atoms with Gasteiger partial charge in [-0.05, 0) is 86.5 Å². The molecule has 6 heteroatoms. The number of rotatable bonds is 6. The maximum atomic E-state index is 13.3. The lowest BCUT2D eigenvalue weighted by atomic mass is 9.96. The van der Waals surface area contributed by atoms with Gasteiger partial charge in [0.25, 0.3) is 5.91 Å². The summed E-state index contributed by atoms with van der Waals surface area (Å²) in [4.78, 5) is 22.7. The van der Waals surface area contributed by atoms with Crippen molar-refractivity contribution in [2.75, 3.05) is 57.3 Å². The van der Waals surface area contributed by atoms with E-state index >= 15 is 0 Å². The number of likely N-dealkylation sites (tertiary alicyclic amines) is 1. The van der Waals surface area contributed by atoms with E-state index in [-0.39, 0.29) is 5.91 Å². The molecule has 2 aromatic rings. The van der Waals surface area contributed by atoms with Crippen LogP contribution in [0.5, 0.6) is 0 Å². The number of carbonyl (C=O) groups is 1. The first-order chi connectivity index (χ1) is 18.1. The molecule has 1 atom stereocenters. The zero-order valence-corrected chi connectivity index (χ0v) is 22.2. The Bertz CT molecular complexity index is 1090. The number of hydrogen-bond donors (Lipinski definition) is 1. The van der Waals surface area contributed by atoms with E-state index in [2.05, 4.69) is 51.1 Å². The average molecular weight is 503 g/mol. The first-order valence-corrected chi connectivity index (χ1v) is 14.5. The zero-order chi connectivity index (χ0) is 25.2. The van der Waals surface area contributed by atoms with Gasteiger partial charge in [-0.3, -0.25) is 9.69 Å². The van der Waals surface area contributed by atoms with Crippen LogP contribution in [0.2, 0.25) is 0 Å². The fourth-order valence-electron chi connectivity index (χ4n) is 6.99. The molecule has 1 amide bonds. The van der Waals surface area contributed by atoms with Crippen molar-refractivity contribution in [3.05, 3.63) is 64.7 Å². The molecule has 0 saturated carbocycles. The lowest BCUT2D eigenvalue weighted by Gasteiger charge is -2.41. The fraction of sp³-hybridized carbons (Fsp3) is 0.581. The number of carbonyl (C=O) groups excluding carboxylic acids is 1. The summed E-state index contributed by atoms with van der Waals surface area (Å²) in [7, 11) is 0. The van der Waals surface area contributed by atoms with Crippen LogP contribution in [0.3, 0.4) is 0 Å². The molecule has 2 fully saturated rings. The van der Waals surface area contributed by atoms with Gasteiger partial charge >= 0.3 is 0 Å². The minimum absolute atomic E-state index is 0.0691. The van der Waals surface area contributed by atoms with Gasteiger partial charge in [-0.2, -0.15) is 0 Å². The van der Waals surface area contributed by atoms with Crippen LogP contribution in [0.4, 0.5) is 5.69 Å². The highest BCUT2D eigenvalue weighted by Gasteiger charge is 2.29. The molecule has 4 aliphatic rings. The minimum Gasteiger partial charge on any atom is -0.390 e. The molecule has 1 unspecified atom stereocenters. The number of piperidine rings is 2. The summed E-state index contributed by atoms with van der Waals surface area (Å²) in [5.41, 5.74) is 6.02. The molecule has 2 aromatic carbocycles. The summed E-state index contributed by atoms with van der Waals surface area (Å²) in [5.74, 6) is 0.0691. The standard InChI is InChI=1S/C31H42N4O2/c36-29(22-32-16-10-24-6-2-3-7-26(24)21-32)23-35-17-11-25-20-28(8-9-30(25)31(35)37)34-18-12-27(13-19-34)33-14-4-1-5-15-33/h2-3,6-9,20,27,29,36H,1,4-5,10-19,21-23H2. The molecule has 6 rings (SSSR count). The van der Waals surface area contributed by atoms with E-state index in [0.717, 1.165) is 50.6 Å². The van der Waals surface area contributed by atoms with Crippen molar-refractivity contribution in [3.63, 3.8) is 0 Å². The Morgan fingerprint density at radius 1 is 0.811 bits per heavy atom. The van der Waals surface area contributed by atoms with Crippen LogP contribution in [-0.4, -0.2) is 90.2 Å². The number of nitrogens with zero attached hydrogens (tertiary/aromatic N) is 4. The summed E-state index contributed by atoms with van der Waals surface area (Å²) in [6.07, 6.45) is 7.96. The van der Waals surface area contributed by atoms with Gasteiger partial charge in [-0.25, -0.2) is 0 Å². The number of benzene rings is 2. The molecule has 0 spiro atoms. The van der Waals surface area contributed by atoms with Crippen LogP contribution in [0.25, 0.3) is 0 Å². The molecule has 37 heavy (non-hydrogen) atoms. The average Bonchev–Trinajstić information content (AvgIpc) is 2.95. The first-order valence-electron chi connectivity index (χ1n) is 14.5. The summed E-state index contributed by atoms with van der Waals surface area (Å²) in [6.45, 7) is 8.31. The third-order valence-electron chi connectivity index (χ3n) is 9.10. The monoisotopic (exact) mass is 502 g/mol. The second kappa shape index (κ2) is 11.1. The van der Waals surface area contributed by atoms with Crippen molar-refractivity contribution >= 4 is 11.6 Å². The highest BCUT2D eigenvalue weighted by Crippen LogP contribution is 2.29. The largest absolute Gasteiger partial charge is 0.390 e. The Hall–Kier alpha value is -2.41. The molecule has 4 heterocycles. The van der Waals surface area contributed by atoms with Crippen LogP contribution in [0, 0.1) is 0 Å². The molecule has 0 bridgehead atoms. The number of amides is 1. The predicted octanol–water partition coefficient (Wildman–Crippen LogP) is 3.56. The maximum Gasteiger partial charge on any atom is 0.254 e. The molecule has 1 N–H and O–H groups in total. The van der Waals surface area contributed by atoms with Gasteiger partial charge in [-0.1, -0.05) is 30.7 Å². The molecular formula is C31H42N4O2. The highest BCUT2D eigenvalue weighted by atomic mass is 16.3. The number of hydrogen-bond acceptors (Lipinski definition) is 5. The maximum absolute atomic E-state index is 13.3. The lowest BCUT2D eigenvalue weighted by molar-refractivity contribution is 0.0493. The summed E-state index contributed by atoms with van der Waals surface area (Å²) in [5, 5.41) is 10.9. The second-order valence-corrected chi connectivity index (χ2v) is 11.6. The van der Waals surface area contributed by atoms with Gasteiger partial charge in [0, 0.05) is 63.1 Å². The number of fused-ring (bicyclic) bond motifs is 2. The van der Waals surface area contributed by atoms with E-state index in [4.69, 9.17) is 0 Å². The molecule has 0 radical (unpaired) electrons. The van der Waals surface area contributed by atoms with E-state index in [1.807, 2.05) is 11.0 Å². The third kappa shape index (κ3) is 5.57. The minimum atomic E-state index is -0.531. The molecule has 0 aromatic heterocycles. The predicted molar refractivity (Wildman–Crippen MR) is 148 cm³/mol. The van der Waals surface area contributed by atoms with Crippen LogP contribution in [-0.2, 0) is 19.4 Å². The van der Waals surface area contributed by atoms with Gasteiger partial charge in [-0.15, -0.1) is 0 Å². The molecule has 198 valence electrons. The van der Waals surface area contributed by atoms with E-state index < -0.39 is 6.10 Å². The van der Waals surface area contributed by atoms with Crippen LogP contribution >= 0.6 is 0 Å². The summed E-state index contributed by atoms with van der Waals surface area (Å²) >= 11 is 0. The lowest BCUT2D eigenvalue weighted by Crippen LogP contribution is -2.47. The SMILES string of the molecule is O=C1c2ccc(N3CCC(N4CCCCC4)CC3)cc2CCN1CC(O)CN1CCc2ccccc2C1. The Balaban J connectivity index is 1.02. The number of anilines is 1. The molecule has 6 nitrogen and oxygen atoms in total. The van der Waals surface area contributed by atoms with Crippen molar-refractivity contribution < 1.29 is 9.90 Å². The Labute approximate surface area is 221 Å².